The van der Waals surface area contributed by atoms with Gasteiger partial charge in [-0.1, -0.05) is 46.3 Å². The van der Waals surface area contributed by atoms with Crippen LogP contribution in [0.15, 0.2) is 42.5 Å². The first-order valence-corrected chi connectivity index (χ1v) is 10.5. The van der Waals surface area contributed by atoms with Gasteiger partial charge in [0.05, 0.1) is 16.8 Å². The number of cyclic esters (lactones) is 1. The summed E-state index contributed by atoms with van der Waals surface area (Å²) in [5.41, 5.74) is 3.64. The predicted octanol–water partition coefficient (Wildman–Crippen LogP) is 4.65. The Bertz CT molecular complexity index is 846. The molecule has 1 heterocycles. The minimum Gasteiger partial charge on any atom is -0.489 e. The molecule has 0 amide bonds. The molecule has 3 rings (SSSR count). The number of hydrogen-bond donors (Lipinski definition) is 1. The van der Waals surface area contributed by atoms with Gasteiger partial charge in [0.15, 0.2) is 0 Å². The molecule has 5 heteroatoms. The van der Waals surface area contributed by atoms with Crippen molar-refractivity contribution in [2.45, 2.75) is 63.2 Å². The third-order valence-corrected chi connectivity index (χ3v) is 6.95. The van der Waals surface area contributed by atoms with Gasteiger partial charge in [-0.2, -0.15) is 0 Å². The van der Waals surface area contributed by atoms with Gasteiger partial charge in [-0.3, -0.25) is 4.79 Å². The van der Waals surface area contributed by atoms with E-state index in [1.165, 1.54) is 16.7 Å². The average Bonchev–Trinajstić information content (AvgIpc) is 2.63. The van der Waals surface area contributed by atoms with Gasteiger partial charge in [0.25, 0.3) is 0 Å². The molecule has 150 valence electrons. The minimum absolute atomic E-state index is 0.0192. The molecule has 0 spiro atoms. The topological polar surface area (TPSA) is 55.8 Å². The average molecular weight is 447 g/mol. The van der Waals surface area contributed by atoms with E-state index >= 15 is 0 Å². The van der Waals surface area contributed by atoms with Crippen LogP contribution in [0.5, 0.6) is 5.75 Å². The molecule has 1 aliphatic rings. The molecule has 0 radical (unpaired) electrons. The summed E-state index contributed by atoms with van der Waals surface area (Å²) in [6.07, 6.45) is 1.10. The third kappa shape index (κ3) is 4.95. The normalized spacial score (nSPS) is 24.7. The Balaban J connectivity index is 1.60. The van der Waals surface area contributed by atoms with Crippen molar-refractivity contribution in [2.75, 3.05) is 0 Å². The largest absolute Gasteiger partial charge is 0.489 e. The Morgan fingerprint density at radius 2 is 1.93 bits per heavy atom. The highest BCUT2D eigenvalue weighted by Crippen LogP contribution is 2.34. The van der Waals surface area contributed by atoms with Crippen LogP contribution in [0.2, 0.25) is 0 Å². The van der Waals surface area contributed by atoms with E-state index in [2.05, 4.69) is 48.0 Å². The van der Waals surface area contributed by atoms with Crippen LogP contribution in [0.4, 0.5) is 0 Å². The van der Waals surface area contributed by atoms with Gasteiger partial charge in [0.1, 0.15) is 18.5 Å². The highest BCUT2D eigenvalue weighted by atomic mass is 79.9. The van der Waals surface area contributed by atoms with E-state index in [9.17, 15) is 9.90 Å². The number of halogens is 1. The van der Waals surface area contributed by atoms with Crippen LogP contribution >= 0.6 is 15.9 Å². The maximum absolute atomic E-state index is 11.8. The van der Waals surface area contributed by atoms with E-state index in [0.29, 0.717) is 13.0 Å². The fourth-order valence-corrected chi connectivity index (χ4v) is 4.07. The monoisotopic (exact) mass is 446 g/mol. The van der Waals surface area contributed by atoms with Crippen molar-refractivity contribution in [1.29, 1.82) is 0 Å². The summed E-state index contributed by atoms with van der Waals surface area (Å²) in [5.74, 6) is 0.497. The number of aryl methyl sites for hydroxylation is 3. The molecule has 1 aliphatic heterocycles. The van der Waals surface area contributed by atoms with E-state index in [0.717, 1.165) is 17.7 Å². The SMILES string of the molecule is Cc1cc(OCc2ccccc2C)ccc1CCC1OC(=O)CC(C)(O)C1Br. The zero-order chi connectivity index (χ0) is 20.3. The van der Waals surface area contributed by atoms with Crippen molar-refractivity contribution in [2.24, 2.45) is 0 Å². The second-order valence-corrected chi connectivity index (χ2v) is 8.79. The Morgan fingerprint density at radius 1 is 1.18 bits per heavy atom. The van der Waals surface area contributed by atoms with Crippen LogP contribution in [-0.2, 0) is 22.6 Å². The summed E-state index contributed by atoms with van der Waals surface area (Å²) >= 11 is 3.51. The lowest BCUT2D eigenvalue weighted by atomic mass is 9.89. The van der Waals surface area contributed by atoms with Crippen LogP contribution < -0.4 is 4.74 Å². The van der Waals surface area contributed by atoms with Gasteiger partial charge < -0.3 is 14.6 Å². The molecule has 0 bridgehead atoms. The number of aliphatic hydroxyl groups is 1. The van der Waals surface area contributed by atoms with Crippen LogP contribution in [0, 0.1) is 13.8 Å². The third-order valence-electron chi connectivity index (χ3n) is 5.37. The van der Waals surface area contributed by atoms with Crippen molar-refractivity contribution in [1.82, 2.24) is 0 Å². The molecule has 0 aliphatic carbocycles. The van der Waals surface area contributed by atoms with E-state index < -0.39 is 5.60 Å². The van der Waals surface area contributed by atoms with Gasteiger partial charge in [0, 0.05) is 0 Å². The molecule has 3 atom stereocenters. The van der Waals surface area contributed by atoms with E-state index in [1.54, 1.807) is 6.92 Å². The number of hydrogen-bond acceptors (Lipinski definition) is 4. The number of carbonyl (C=O) groups excluding carboxylic acids is 1. The van der Waals surface area contributed by atoms with Crippen LogP contribution in [-0.4, -0.2) is 27.6 Å². The predicted molar refractivity (Wildman–Crippen MR) is 113 cm³/mol. The first-order valence-electron chi connectivity index (χ1n) is 9.59. The quantitative estimate of drug-likeness (QED) is 0.518. The molecule has 0 aromatic heterocycles. The molecule has 0 saturated carbocycles. The zero-order valence-corrected chi connectivity index (χ0v) is 18.2. The number of carbonyl (C=O) groups is 1. The van der Waals surface area contributed by atoms with Gasteiger partial charge in [-0.05, 0) is 68.0 Å². The molecule has 1 fully saturated rings. The van der Waals surface area contributed by atoms with Gasteiger partial charge in [-0.15, -0.1) is 0 Å². The van der Waals surface area contributed by atoms with Gasteiger partial charge in [-0.25, -0.2) is 0 Å². The summed E-state index contributed by atoms with van der Waals surface area (Å²) in [5, 5.41) is 10.4. The molecule has 1 N–H and O–H groups in total. The van der Waals surface area contributed by atoms with Crippen molar-refractivity contribution < 1.29 is 19.4 Å². The van der Waals surface area contributed by atoms with E-state index in [-0.39, 0.29) is 23.3 Å². The second-order valence-electron chi connectivity index (χ2n) is 7.81. The summed E-state index contributed by atoms with van der Waals surface area (Å²) in [4.78, 5) is 11.5. The fourth-order valence-electron chi connectivity index (χ4n) is 3.54. The standard InChI is InChI=1S/C23H27BrO4/c1-15-6-4-5-7-18(15)14-27-19-10-8-17(16(2)12-19)9-11-20-22(24)23(3,26)13-21(25)28-20/h4-8,10,12,20,22,26H,9,11,13-14H2,1-3H3. The Morgan fingerprint density at radius 3 is 2.64 bits per heavy atom. The summed E-state index contributed by atoms with van der Waals surface area (Å²) in [6.45, 7) is 6.36. The molecular formula is C23H27BrO4. The Hall–Kier alpha value is -1.85. The van der Waals surface area contributed by atoms with Crippen LogP contribution in [0.3, 0.4) is 0 Å². The lowest BCUT2D eigenvalue weighted by Gasteiger charge is -2.38. The zero-order valence-electron chi connectivity index (χ0n) is 16.6. The van der Waals surface area contributed by atoms with Crippen molar-refractivity contribution in [3.05, 3.63) is 64.7 Å². The van der Waals surface area contributed by atoms with Crippen molar-refractivity contribution >= 4 is 21.9 Å². The molecule has 4 nitrogen and oxygen atoms in total. The van der Waals surface area contributed by atoms with Crippen molar-refractivity contribution in [3.8, 4) is 5.75 Å². The first kappa shape index (κ1) is 20.9. The number of benzene rings is 2. The number of ether oxygens (including phenoxy) is 2. The molecule has 3 unspecified atom stereocenters. The van der Waals surface area contributed by atoms with Crippen LogP contribution in [0.25, 0.3) is 0 Å². The lowest BCUT2D eigenvalue weighted by molar-refractivity contribution is -0.166. The number of alkyl halides is 1. The van der Waals surface area contributed by atoms with Crippen LogP contribution in [0.1, 0.15) is 42.0 Å². The lowest BCUT2D eigenvalue weighted by Crippen LogP contribution is -2.51. The first-order chi connectivity index (χ1) is 13.3. The molecule has 28 heavy (non-hydrogen) atoms. The number of esters is 1. The Kier molecular flexibility index (Phi) is 6.46. The highest BCUT2D eigenvalue weighted by Gasteiger charge is 2.44. The maximum Gasteiger partial charge on any atom is 0.309 e. The van der Waals surface area contributed by atoms with E-state index in [1.807, 2.05) is 24.3 Å². The second kappa shape index (κ2) is 8.66. The maximum atomic E-state index is 11.8. The molecular weight excluding hydrogens is 420 g/mol. The van der Waals surface area contributed by atoms with Crippen molar-refractivity contribution in [3.63, 3.8) is 0 Å². The smallest absolute Gasteiger partial charge is 0.309 e. The number of rotatable bonds is 6. The molecule has 2 aromatic rings. The van der Waals surface area contributed by atoms with E-state index in [4.69, 9.17) is 9.47 Å². The minimum atomic E-state index is -1.08. The molecule has 2 aromatic carbocycles. The summed E-state index contributed by atoms with van der Waals surface area (Å²) in [7, 11) is 0. The Labute approximate surface area is 175 Å². The van der Waals surface area contributed by atoms with Gasteiger partial charge in [0.2, 0.25) is 0 Å². The molecule has 1 saturated heterocycles. The highest BCUT2D eigenvalue weighted by molar-refractivity contribution is 9.09. The summed E-state index contributed by atoms with van der Waals surface area (Å²) < 4.78 is 11.4. The summed E-state index contributed by atoms with van der Waals surface area (Å²) in [6, 6.07) is 14.3. The van der Waals surface area contributed by atoms with Gasteiger partial charge >= 0.3 is 5.97 Å². The fraction of sp³-hybridized carbons (Fsp3) is 0.435.